The molecule has 0 bridgehead atoms. The second kappa shape index (κ2) is 10.3. The largest absolute Gasteiger partial charge is 0.488 e. The molecule has 4 fully saturated rings. The SMILES string of the molecule is [2H]C1[C@@H](C(=O)N[C@]2(C)O[C@@]3(O)[C@@H]4CCCN4C(=O)[C@H](Cc4ccccc4)N3C2=O)CN(C)[C@@H]2Cc3cn(C(F)(F)F)c4cccc(c34)[C@@]12[2H]. The van der Waals surface area contributed by atoms with Gasteiger partial charge < -0.3 is 20.2 Å². The molecule has 4 aliphatic heterocycles. The quantitative estimate of drug-likeness (QED) is 0.449. The predicted molar refractivity (Wildman–Crippen MR) is 162 cm³/mol. The van der Waals surface area contributed by atoms with Crippen LogP contribution in [0.2, 0.25) is 0 Å². The van der Waals surface area contributed by atoms with Gasteiger partial charge in [-0.15, -0.1) is 13.2 Å². The minimum atomic E-state index is -4.69. The Morgan fingerprint density at radius 1 is 1.19 bits per heavy atom. The summed E-state index contributed by atoms with van der Waals surface area (Å²) in [5.74, 6) is -7.14. The Morgan fingerprint density at radius 2 is 1.96 bits per heavy atom. The molecule has 3 amide bonds. The molecule has 0 spiro atoms. The lowest BCUT2D eigenvalue weighted by molar-refractivity contribution is -0.315. The maximum atomic E-state index is 14.3. The molecule has 3 aromatic rings. The number of carbonyl (C=O) groups excluding carboxylic acids is 3. The number of nitrogens with one attached hydrogen (secondary N) is 1. The van der Waals surface area contributed by atoms with Crippen molar-refractivity contribution in [3.63, 3.8) is 0 Å². The van der Waals surface area contributed by atoms with Crippen molar-refractivity contribution in [1.82, 2.24) is 24.6 Å². The number of likely N-dealkylation sites (N-methyl/N-ethyl adjacent to an activating group) is 1. The van der Waals surface area contributed by atoms with Gasteiger partial charge in [0.2, 0.25) is 17.5 Å². The van der Waals surface area contributed by atoms with E-state index in [-0.39, 0.29) is 46.3 Å². The number of rotatable bonds is 4. The lowest BCUT2D eigenvalue weighted by atomic mass is 9.72. The summed E-state index contributed by atoms with van der Waals surface area (Å²) in [5, 5.41) is 15.0. The molecule has 2 N–H and O–H groups in total. The third-order valence-electron chi connectivity index (χ3n) is 10.5. The number of alkyl halides is 3. The van der Waals surface area contributed by atoms with Crippen LogP contribution < -0.4 is 5.32 Å². The van der Waals surface area contributed by atoms with Gasteiger partial charge in [0.05, 0.1) is 11.4 Å². The number of carbonyl (C=O) groups is 3. The highest BCUT2D eigenvalue weighted by Crippen LogP contribution is 2.48. The Labute approximate surface area is 271 Å². The van der Waals surface area contributed by atoms with Crippen LogP contribution in [-0.2, 0) is 38.3 Å². The Kier molecular flexibility index (Phi) is 6.15. The number of piperazine rings is 1. The van der Waals surface area contributed by atoms with Gasteiger partial charge in [-0.1, -0.05) is 42.5 Å². The summed E-state index contributed by atoms with van der Waals surface area (Å²) in [4.78, 5) is 46.5. The van der Waals surface area contributed by atoms with E-state index in [4.69, 9.17) is 4.74 Å². The van der Waals surface area contributed by atoms with Gasteiger partial charge >= 0.3 is 6.30 Å². The molecular formula is C34H36F3N5O5. The molecule has 248 valence electrons. The zero-order valence-corrected chi connectivity index (χ0v) is 25.8. The van der Waals surface area contributed by atoms with Crippen molar-refractivity contribution in [2.45, 2.75) is 81.0 Å². The van der Waals surface area contributed by atoms with E-state index in [1.807, 2.05) is 30.3 Å². The monoisotopic (exact) mass is 653 g/mol. The van der Waals surface area contributed by atoms with E-state index in [1.165, 1.54) is 24.0 Å². The molecule has 13 heteroatoms. The minimum Gasteiger partial charge on any atom is -0.347 e. The maximum absolute atomic E-state index is 14.3. The average Bonchev–Trinajstić information content (AvgIpc) is 3.74. The van der Waals surface area contributed by atoms with Crippen LogP contribution in [0.5, 0.6) is 0 Å². The first-order valence-electron chi connectivity index (χ1n) is 16.9. The van der Waals surface area contributed by atoms with Crippen LogP contribution >= 0.6 is 0 Å². The predicted octanol–water partition coefficient (Wildman–Crippen LogP) is 3.03. The molecule has 5 heterocycles. The lowest BCUT2D eigenvalue weighted by Crippen LogP contribution is -2.71. The molecule has 0 saturated carbocycles. The second-order valence-corrected chi connectivity index (χ2v) is 13.4. The second-order valence-electron chi connectivity index (χ2n) is 13.4. The first kappa shape index (κ1) is 28.1. The van der Waals surface area contributed by atoms with Gasteiger partial charge in [0.25, 0.3) is 11.8 Å². The zero-order chi connectivity index (χ0) is 34.8. The highest BCUT2D eigenvalue weighted by atomic mass is 19.4. The number of likely N-dealkylation sites (tertiary alicyclic amines) is 1. The maximum Gasteiger partial charge on any atom is 0.488 e. The number of hydrogen-bond donors (Lipinski definition) is 2. The smallest absolute Gasteiger partial charge is 0.347 e. The standard InChI is InChI=1S/C34H36F3N5O5/c1-32(31(45)42-26(14-19-8-4-3-5-9-19)30(44)40-13-7-12-27(40)33(42,46)47-32)38-29(43)21-15-23-22-10-6-11-24-28(22)20(16-25(23)39(2)17-21)18-41(24)34(35,36)37/h3-6,8-11,18,21,23,25-27,46H,7,12-17H2,1-2H3,(H,38,43)/t21-,23-,25-,26+,27+,32-,33+/m1/s1/i15D,23D/t15?,21-,23-,25-,26+,27+,32-,33+. The summed E-state index contributed by atoms with van der Waals surface area (Å²) in [6, 6.07) is 10.7. The van der Waals surface area contributed by atoms with Crippen molar-refractivity contribution in [2.24, 2.45) is 5.92 Å². The number of piperidine rings is 1. The van der Waals surface area contributed by atoms with Crippen molar-refractivity contribution in [1.29, 1.82) is 0 Å². The number of nitrogens with zero attached hydrogens (tertiary/aromatic N) is 4. The van der Waals surface area contributed by atoms with E-state index < -0.39 is 66.1 Å². The number of benzene rings is 2. The molecule has 47 heavy (non-hydrogen) atoms. The Morgan fingerprint density at radius 3 is 2.70 bits per heavy atom. The number of hydrogen-bond acceptors (Lipinski definition) is 6. The molecule has 10 nitrogen and oxygen atoms in total. The molecule has 0 radical (unpaired) electrons. The number of aliphatic hydroxyl groups is 1. The molecule has 4 saturated heterocycles. The van der Waals surface area contributed by atoms with Crippen LogP contribution in [0.15, 0.2) is 54.7 Å². The zero-order valence-electron chi connectivity index (χ0n) is 27.8. The minimum absolute atomic E-state index is 0.0135. The molecule has 1 unspecified atom stereocenters. The van der Waals surface area contributed by atoms with E-state index >= 15 is 0 Å². The van der Waals surface area contributed by atoms with E-state index in [2.05, 4.69) is 5.32 Å². The highest BCUT2D eigenvalue weighted by Gasteiger charge is 2.70. The number of amides is 3. The van der Waals surface area contributed by atoms with Gasteiger partial charge in [0, 0.05) is 45.8 Å². The average molecular weight is 654 g/mol. The summed E-state index contributed by atoms with van der Waals surface area (Å²) in [6.07, 6.45) is -3.92. The molecule has 2 aromatic carbocycles. The fourth-order valence-electron chi connectivity index (χ4n) is 8.44. The van der Waals surface area contributed by atoms with Crippen molar-refractivity contribution >= 4 is 28.6 Å². The van der Waals surface area contributed by atoms with Crippen molar-refractivity contribution in [3.05, 3.63) is 71.4 Å². The molecule has 1 aromatic heterocycles. The first-order valence-corrected chi connectivity index (χ1v) is 15.9. The summed E-state index contributed by atoms with van der Waals surface area (Å²) in [5.41, 5.74) is -0.818. The number of aromatic nitrogens is 1. The molecular weight excluding hydrogens is 615 g/mol. The number of fused-ring (bicyclic) bond motifs is 5. The van der Waals surface area contributed by atoms with Crippen molar-refractivity contribution in [3.8, 4) is 0 Å². The fraction of sp³-hybridized carbons (Fsp3) is 0.500. The summed E-state index contributed by atoms with van der Waals surface area (Å²) >= 11 is 0. The van der Waals surface area contributed by atoms with Gasteiger partial charge in [-0.3, -0.25) is 28.6 Å². The first-order chi connectivity index (χ1) is 23.1. The van der Waals surface area contributed by atoms with Crippen molar-refractivity contribution in [2.75, 3.05) is 20.1 Å². The fourth-order valence-corrected chi connectivity index (χ4v) is 8.44. The summed E-state index contributed by atoms with van der Waals surface area (Å²) in [7, 11) is 1.67. The van der Waals surface area contributed by atoms with Gasteiger partial charge in [-0.2, -0.15) is 0 Å². The van der Waals surface area contributed by atoms with Crippen molar-refractivity contribution < 1.29 is 40.1 Å². The van der Waals surface area contributed by atoms with Crippen LogP contribution in [-0.4, -0.2) is 92.0 Å². The third kappa shape index (κ3) is 4.46. The topological polar surface area (TPSA) is 107 Å². The molecule has 5 aliphatic rings. The molecule has 8 atom stereocenters. The number of halogens is 3. The van der Waals surface area contributed by atoms with Gasteiger partial charge in [-0.05, 0) is 62.4 Å². The van der Waals surface area contributed by atoms with Gasteiger partial charge in [0.1, 0.15) is 12.1 Å². The third-order valence-corrected chi connectivity index (χ3v) is 10.5. The highest BCUT2D eigenvalue weighted by molar-refractivity contribution is 5.97. The Hall–Kier alpha value is -3.94. The van der Waals surface area contributed by atoms with E-state index in [9.17, 15) is 35.4 Å². The van der Waals surface area contributed by atoms with Gasteiger partial charge in [-0.25, -0.2) is 0 Å². The molecule has 1 aliphatic carbocycles. The Bertz CT molecular complexity index is 1890. The summed E-state index contributed by atoms with van der Waals surface area (Å²) in [6.45, 7) is 1.68. The number of ether oxygens (including phenoxy) is 1. The van der Waals surface area contributed by atoms with Crippen LogP contribution in [0.1, 0.15) is 51.5 Å². The Balaban J connectivity index is 1.12. The van der Waals surface area contributed by atoms with Crippen LogP contribution in [0, 0.1) is 5.92 Å². The van der Waals surface area contributed by atoms with E-state index in [1.54, 1.807) is 18.0 Å². The molecule has 8 rings (SSSR count). The lowest BCUT2D eigenvalue weighted by Gasteiger charge is -2.48. The summed E-state index contributed by atoms with van der Waals surface area (Å²) < 4.78 is 67.3. The van der Waals surface area contributed by atoms with Crippen LogP contribution in [0.25, 0.3) is 10.9 Å². The normalized spacial score (nSPS) is 37.4. The van der Waals surface area contributed by atoms with Crippen LogP contribution in [0.4, 0.5) is 13.2 Å². The van der Waals surface area contributed by atoms with Gasteiger partial charge in [0.15, 0.2) is 0 Å². The van der Waals surface area contributed by atoms with E-state index in [0.717, 1.165) is 16.7 Å². The van der Waals surface area contributed by atoms with Crippen LogP contribution in [0.3, 0.4) is 0 Å². The van der Waals surface area contributed by atoms with E-state index in [0.29, 0.717) is 24.9 Å².